The van der Waals surface area contributed by atoms with Crippen LogP contribution < -0.4 is 4.48 Å². The van der Waals surface area contributed by atoms with E-state index in [9.17, 15) is 0 Å². The van der Waals surface area contributed by atoms with Gasteiger partial charge in [0.2, 0.25) is 0 Å². The van der Waals surface area contributed by atoms with Gasteiger partial charge in [0.25, 0.3) is 0 Å². The predicted molar refractivity (Wildman–Crippen MR) is 278 cm³/mol. The maximum atomic E-state index is 2.58. The van der Waals surface area contributed by atoms with Crippen LogP contribution in [0.1, 0.15) is 69.5 Å². The summed E-state index contributed by atoms with van der Waals surface area (Å²) in [6, 6.07) is 90.1. The van der Waals surface area contributed by atoms with E-state index in [1.807, 2.05) is 0 Å². The highest BCUT2D eigenvalue weighted by Gasteiger charge is 2.55. The Labute approximate surface area is 393 Å². The number of quaternary nitrogens is 1. The lowest BCUT2D eigenvalue weighted by molar-refractivity contribution is 0.617. The van der Waals surface area contributed by atoms with Crippen molar-refractivity contribution in [3.8, 4) is 44.5 Å². The van der Waals surface area contributed by atoms with Gasteiger partial charge in [-0.05, 0) is 107 Å². The highest BCUT2D eigenvalue weighted by molar-refractivity contribution is 6.00. The first-order valence-corrected chi connectivity index (χ1v) is 23.8. The topological polar surface area (TPSA) is 0 Å². The molecule has 0 aliphatic heterocycles. The second-order valence-electron chi connectivity index (χ2n) is 19.8. The lowest BCUT2D eigenvalue weighted by Crippen LogP contribution is -2.36. The van der Waals surface area contributed by atoms with Crippen LogP contribution in [0.3, 0.4) is 0 Å². The lowest BCUT2D eigenvalue weighted by atomic mass is 9.67. The molecule has 0 amide bonds. The van der Waals surface area contributed by atoms with Crippen molar-refractivity contribution in [2.75, 3.05) is 7.05 Å². The van der Waals surface area contributed by atoms with Gasteiger partial charge in [0.15, 0.2) is 5.69 Å². The summed E-state index contributed by atoms with van der Waals surface area (Å²) >= 11 is 0. The van der Waals surface area contributed by atoms with E-state index in [1.54, 1.807) is 0 Å². The first-order chi connectivity index (χ1) is 32.9. The van der Waals surface area contributed by atoms with Crippen LogP contribution in [0.15, 0.2) is 237 Å². The van der Waals surface area contributed by atoms with Crippen molar-refractivity contribution in [1.82, 2.24) is 4.48 Å². The Morgan fingerprint density at radius 3 is 1.19 bits per heavy atom. The molecule has 14 rings (SSSR count). The van der Waals surface area contributed by atoms with Gasteiger partial charge in [-0.3, -0.25) is 0 Å². The van der Waals surface area contributed by atoms with Crippen molar-refractivity contribution in [2.45, 2.75) is 30.1 Å². The number of hydrogen-bond donors (Lipinski definition) is 0. The molecule has 67 heavy (non-hydrogen) atoms. The molecule has 0 radical (unpaired) electrons. The average Bonchev–Trinajstić information content (AvgIpc) is 4.05. The molecule has 4 aliphatic carbocycles. The first kappa shape index (κ1) is 38.4. The third kappa shape index (κ3) is 4.72. The average molecular weight is 855 g/mol. The molecule has 1 nitrogen and oxygen atoms in total. The van der Waals surface area contributed by atoms with Gasteiger partial charge in [0.1, 0.15) is 11.4 Å². The Bertz CT molecular complexity index is 3600. The summed E-state index contributed by atoms with van der Waals surface area (Å²) in [6.45, 7) is 4.81. The Morgan fingerprint density at radius 2 is 0.657 bits per heavy atom. The van der Waals surface area contributed by atoms with Crippen LogP contribution in [0.4, 0.5) is 17.1 Å². The number of benzene rings is 10. The molecule has 0 saturated heterocycles. The zero-order valence-corrected chi connectivity index (χ0v) is 38.0. The minimum Gasteiger partial charge on any atom is -0.229 e. The van der Waals surface area contributed by atoms with Gasteiger partial charge in [0.05, 0.1) is 17.9 Å². The SMILES string of the molecule is CC1(C)c2ccccc2-c2ccc([N+](C)(c3ccc4c(c3)C(c3ccccc3)(c3ccccc3)c3ccccc3-4)c3cccc4c3-c3ccccc3C43c4ccccc4-c4ccccc43)cc21. The smallest absolute Gasteiger partial charge is 0.151 e. The highest BCUT2D eigenvalue weighted by Crippen LogP contribution is 2.66. The third-order valence-electron chi connectivity index (χ3n) is 16.5. The molecule has 1 atom stereocenters. The van der Waals surface area contributed by atoms with E-state index < -0.39 is 10.8 Å². The van der Waals surface area contributed by atoms with Crippen LogP contribution in [0, 0.1) is 0 Å². The van der Waals surface area contributed by atoms with Gasteiger partial charge in [-0.2, -0.15) is 0 Å². The van der Waals surface area contributed by atoms with E-state index >= 15 is 0 Å². The van der Waals surface area contributed by atoms with Crippen molar-refractivity contribution >= 4 is 17.1 Å². The van der Waals surface area contributed by atoms with Gasteiger partial charge in [0, 0.05) is 41.3 Å². The first-order valence-electron chi connectivity index (χ1n) is 23.8. The highest BCUT2D eigenvalue weighted by atomic mass is 15.3. The van der Waals surface area contributed by atoms with Crippen molar-refractivity contribution in [3.05, 3.63) is 292 Å². The molecule has 1 spiro atoms. The van der Waals surface area contributed by atoms with Gasteiger partial charge >= 0.3 is 0 Å². The zero-order valence-electron chi connectivity index (χ0n) is 38.0. The van der Waals surface area contributed by atoms with E-state index in [0.717, 1.165) is 0 Å². The molecule has 0 saturated carbocycles. The molecule has 10 aromatic rings. The van der Waals surface area contributed by atoms with Gasteiger partial charge in [-0.1, -0.05) is 208 Å². The largest absolute Gasteiger partial charge is 0.229 e. The number of nitrogens with zero attached hydrogens (tertiary/aromatic N) is 1. The van der Waals surface area contributed by atoms with Gasteiger partial charge in [-0.15, -0.1) is 0 Å². The van der Waals surface area contributed by atoms with Crippen molar-refractivity contribution in [1.29, 1.82) is 0 Å². The molecular formula is C66H48N+. The van der Waals surface area contributed by atoms with Crippen LogP contribution >= 0.6 is 0 Å². The Hall–Kier alpha value is -7.84. The fourth-order valence-corrected chi connectivity index (χ4v) is 13.6. The van der Waals surface area contributed by atoms with Crippen LogP contribution in [0.5, 0.6) is 0 Å². The third-order valence-corrected chi connectivity index (χ3v) is 16.5. The summed E-state index contributed by atoms with van der Waals surface area (Å²) in [5.41, 5.74) is 26.4. The second-order valence-corrected chi connectivity index (χ2v) is 19.8. The Morgan fingerprint density at radius 1 is 0.284 bits per heavy atom. The van der Waals surface area contributed by atoms with E-state index in [4.69, 9.17) is 0 Å². The molecule has 1 heteroatoms. The summed E-state index contributed by atoms with van der Waals surface area (Å²) in [5.74, 6) is 0. The van der Waals surface area contributed by atoms with E-state index in [-0.39, 0.29) is 5.41 Å². The fourth-order valence-electron chi connectivity index (χ4n) is 13.6. The van der Waals surface area contributed by atoms with Crippen molar-refractivity contribution in [3.63, 3.8) is 0 Å². The molecular weight excluding hydrogens is 807 g/mol. The van der Waals surface area contributed by atoms with Crippen LogP contribution in [0.25, 0.3) is 44.5 Å². The molecule has 0 N–H and O–H groups in total. The van der Waals surface area contributed by atoms with Crippen molar-refractivity contribution in [2.24, 2.45) is 0 Å². The second kappa shape index (κ2) is 13.6. The lowest BCUT2D eigenvalue weighted by Gasteiger charge is -2.38. The van der Waals surface area contributed by atoms with Gasteiger partial charge < -0.3 is 0 Å². The van der Waals surface area contributed by atoms with Crippen LogP contribution in [0.2, 0.25) is 0 Å². The maximum Gasteiger partial charge on any atom is 0.151 e. The van der Waals surface area contributed by atoms with Crippen LogP contribution in [-0.2, 0) is 16.2 Å². The number of rotatable bonds is 5. The summed E-state index contributed by atoms with van der Waals surface area (Å²) in [6.07, 6.45) is 0. The minimum absolute atomic E-state index is 0.172. The monoisotopic (exact) mass is 854 g/mol. The summed E-state index contributed by atoms with van der Waals surface area (Å²) in [7, 11) is 2.47. The van der Waals surface area contributed by atoms with Crippen LogP contribution in [-0.4, -0.2) is 7.05 Å². The molecule has 1 unspecified atom stereocenters. The standard InChI is InChI=1S/C66H48N/c1-64(2)54-30-15-10-25-47(54)51-39-37-45(41-60(51)64)67(3,46-38-40-52-50-28-11-16-31-55(50)65(61(52)42-46,43-21-6-4-7-22-43)44-23-8-5-9-24-44)62-36-20-35-59-63(62)53-29-14-19-34-58(53)66(59)56-32-17-12-26-48(56)49-27-13-18-33-57(49)66/h4-42H,1-3H3/q+1. The van der Waals surface area contributed by atoms with E-state index in [1.165, 1.54) is 117 Å². The van der Waals surface area contributed by atoms with E-state index in [0.29, 0.717) is 4.48 Å². The van der Waals surface area contributed by atoms with Gasteiger partial charge in [-0.25, -0.2) is 4.48 Å². The predicted octanol–water partition coefficient (Wildman–Crippen LogP) is 16.3. The minimum atomic E-state index is -0.538. The Balaban J connectivity index is 1.10. The normalized spacial score (nSPS) is 16.2. The van der Waals surface area contributed by atoms with Crippen molar-refractivity contribution < 1.29 is 0 Å². The molecule has 4 aliphatic rings. The fraction of sp³-hybridized carbons (Fsp3) is 0.0909. The molecule has 0 fully saturated rings. The van der Waals surface area contributed by atoms with E-state index in [2.05, 4.69) is 257 Å². The number of hydrogen-bond acceptors (Lipinski definition) is 0. The molecule has 0 heterocycles. The molecule has 316 valence electrons. The summed E-state index contributed by atoms with van der Waals surface area (Å²) in [4.78, 5) is 0. The molecule has 10 aromatic carbocycles. The zero-order chi connectivity index (χ0) is 44.7. The number of fused-ring (bicyclic) bond motifs is 16. The summed E-state index contributed by atoms with van der Waals surface area (Å²) in [5, 5.41) is 0. The quantitative estimate of drug-likeness (QED) is 0.151. The Kier molecular flexibility index (Phi) is 7.81. The maximum absolute atomic E-state index is 2.58. The molecule has 0 aromatic heterocycles. The summed E-state index contributed by atoms with van der Waals surface area (Å²) < 4.78 is 0.458. The molecule has 0 bridgehead atoms.